The monoisotopic (exact) mass is 497 g/mol. The lowest BCUT2D eigenvalue weighted by atomic mass is 9.93. The molecule has 8 N–H and O–H groups in total. The highest BCUT2D eigenvalue weighted by Gasteiger charge is 2.32. The van der Waals surface area contributed by atoms with Gasteiger partial charge in [0.1, 0.15) is 11.8 Å². The number of phenols is 1. The van der Waals surface area contributed by atoms with Gasteiger partial charge in [0.25, 0.3) is 0 Å². The van der Waals surface area contributed by atoms with E-state index in [1.54, 1.807) is 11.0 Å². The third-order valence-electron chi connectivity index (χ3n) is 6.33. The molecular formula is C26H35N5O5. The Morgan fingerprint density at radius 1 is 1.14 bits per heavy atom. The van der Waals surface area contributed by atoms with Crippen molar-refractivity contribution < 1.29 is 24.6 Å². The molecule has 0 spiro atoms. The van der Waals surface area contributed by atoms with Crippen LogP contribution in [0.1, 0.15) is 49.5 Å². The summed E-state index contributed by atoms with van der Waals surface area (Å²) in [6.45, 7) is 4.80. The van der Waals surface area contributed by atoms with Crippen molar-refractivity contribution in [3.8, 4) is 5.75 Å². The van der Waals surface area contributed by atoms with Crippen molar-refractivity contribution in [3.05, 3.63) is 59.2 Å². The highest BCUT2D eigenvalue weighted by molar-refractivity contribution is 5.89. The molecule has 1 fully saturated rings. The van der Waals surface area contributed by atoms with Crippen molar-refractivity contribution in [3.63, 3.8) is 0 Å². The van der Waals surface area contributed by atoms with E-state index in [-0.39, 0.29) is 35.8 Å². The highest BCUT2D eigenvalue weighted by atomic mass is 16.3. The fourth-order valence-electron chi connectivity index (χ4n) is 4.54. The van der Waals surface area contributed by atoms with Crippen LogP contribution in [-0.4, -0.2) is 57.6 Å². The molecule has 0 radical (unpaired) electrons. The summed E-state index contributed by atoms with van der Waals surface area (Å²) >= 11 is 0. The number of phenolic OH excluding ortho intramolecular Hbond substituents is 1. The minimum atomic E-state index is -0.888. The summed E-state index contributed by atoms with van der Waals surface area (Å²) in [5, 5.41) is 26.2. The van der Waals surface area contributed by atoms with Gasteiger partial charge in [-0.05, 0) is 61.9 Å². The Morgan fingerprint density at radius 2 is 1.86 bits per heavy atom. The second kappa shape index (κ2) is 11.4. The maximum absolute atomic E-state index is 12.8. The fraction of sp³-hybridized carbons (Fsp3) is 0.423. The number of nitrogens with one attached hydrogen (secondary N) is 2. The summed E-state index contributed by atoms with van der Waals surface area (Å²) in [4.78, 5) is 37.1. The molecule has 0 aromatic heterocycles. The SMILES string of the molecule is CC(C)(Cc1cccc(CC(=O)N2CCC[C@H]2C(N)=O)c1)NC[C@@H](O)c1ccc(O)c(NC(N)=O)c1. The number of hydrogen-bond acceptors (Lipinski definition) is 6. The van der Waals surface area contributed by atoms with Crippen molar-refractivity contribution in [1.82, 2.24) is 10.2 Å². The molecule has 1 saturated heterocycles. The summed E-state index contributed by atoms with van der Waals surface area (Å²) in [6.07, 6.45) is 1.34. The van der Waals surface area contributed by atoms with Crippen molar-refractivity contribution >= 4 is 23.5 Å². The number of rotatable bonds is 10. The van der Waals surface area contributed by atoms with Gasteiger partial charge in [0.15, 0.2) is 0 Å². The Bertz CT molecular complexity index is 1120. The van der Waals surface area contributed by atoms with Crippen LogP contribution < -0.4 is 22.1 Å². The van der Waals surface area contributed by atoms with Gasteiger partial charge in [-0.15, -0.1) is 0 Å². The number of carbonyl (C=O) groups is 3. The molecule has 2 atom stereocenters. The van der Waals surface area contributed by atoms with Gasteiger partial charge in [-0.3, -0.25) is 9.59 Å². The second-order valence-electron chi connectivity index (χ2n) is 9.87. The Kier molecular flexibility index (Phi) is 8.54. The van der Waals surface area contributed by atoms with Gasteiger partial charge in [0, 0.05) is 18.6 Å². The molecule has 1 aliphatic rings. The molecule has 1 heterocycles. The van der Waals surface area contributed by atoms with Gasteiger partial charge >= 0.3 is 6.03 Å². The van der Waals surface area contributed by atoms with E-state index in [1.165, 1.54) is 12.1 Å². The lowest BCUT2D eigenvalue weighted by Gasteiger charge is -2.28. The number of primary amides is 2. The molecule has 2 aromatic carbocycles. The summed E-state index contributed by atoms with van der Waals surface area (Å²) in [6, 6.07) is 10.9. The standard InChI is InChI=1S/C26H35N5O5/c1-26(2,29-15-22(33)18-8-9-21(32)19(13-18)30-25(28)36)14-17-6-3-5-16(11-17)12-23(34)31-10-4-7-20(31)24(27)35/h3,5-6,8-9,11,13,20,22,29,32-33H,4,7,10,12,14-15H2,1-2H3,(H2,27,35)(H3,28,30,36)/t20-,22+/m0/s1. The number of carbonyl (C=O) groups excluding carboxylic acids is 3. The van der Waals surface area contributed by atoms with E-state index in [1.807, 2.05) is 38.1 Å². The number of likely N-dealkylation sites (tertiary alicyclic amines) is 1. The predicted octanol–water partition coefficient (Wildman–Crippen LogP) is 1.55. The Hall–Kier alpha value is -3.63. The molecule has 0 bridgehead atoms. The van der Waals surface area contributed by atoms with E-state index in [9.17, 15) is 24.6 Å². The number of amides is 4. The van der Waals surface area contributed by atoms with Crippen LogP contribution >= 0.6 is 0 Å². The third-order valence-corrected chi connectivity index (χ3v) is 6.33. The summed E-state index contributed by atoms with van der Waals surface area (Å²) < 4.78 is 0. The number of nitrogens with zero attached hydrogens (tertiary/aromatic N) is 1. The molecule has 194 valence electrons. The Labute approximate surface area is 210 Å². The van der Waals surface area contributed by atoms with Gasteiger partial charge in [-0.1, -0.05) is 30.3 Å². The lowest BCUT2D eigenvalue weighted by molar-refractivity contribution is -0.136. The molecule has 0 unspecified atom stereocenters. The quantitative estimate of drug-likeness (QED) is 0.272. The first kappa shape index (κ1) is 27.0. The number of aliphatic hydroxyl groups is 1. The molecular weight excluding hydrogens is 462 g/mol. The van der Waals surface area contributed by atoms with E-state index in [2.05, 4.69) is 10.6 Å². The van der Waals surface area contributed by atoms with Gasteiger partial charge < -0.3 is 37.2 Å². The van der Waals surface area contributed by atoms with Crippen molar-refractivity contribution in [2.24, 2.45) is 11.5 Å². The summed E-state index contributed by atoms with van der Waals surface area (Å²) in [7, 11) is 0. The molecule has 36 heavy (non-hydrogen) atoms. The number of nitrogens with two attached hydrogens (primary N) is 2. The molecule has 1 aliphatic heterocycles. The summed E-state index contributed by atoms with van der Waals surface area (Å²) in [5.74, 6) is -0.711. The predicted molar refractivity (Wildman–Crippen MR) is 136 cm³/mol. The lowest BCUT2D eigenvalue weighted by Crippen LogP contribution is -2.44. The number of aliphatic hydroxyl groups excluding tert-OH is 1. The van der Waals surface area contributed by atoms with E-state index in [0.717, 1.165) is 17.5 Å². The second-order valence-corrected chi connectivity index (χ2v) is 9.87. The molecule has 10 nitrogen and oxygen atoms in total. The molecule has 0 saturated carbocycles. The molecule has 0 aliphatic carbocycles. The molecule has 10 heteroatoms. The summed E-state index contributed by atoms with van der Waals surface area (Å²) in [5.41, 5.74) is 12.7. The van der Waals surface area contributed by atoms with E-state index >= 15 is 0 Å². The smallest absolute Gasteiger partial charge is 0.316 e. The average Bonchev–Trinajstić information content (AvgIpc) is 3.29. The minimum Gasteiger partial charge on any atom is -0.506 e. The number of urea groups is 1. The minimum absolute atomic E-state index is 0.104. The van der Waals surface area contributed by atoms with E-state index in [4.69, 9.17) is 11.5 Å². The first-order chi connectivity index (χ1) is 16.9. The normalized spacial score (nSPS) is 16.5. The molecule has 2 aromatic rings. The van der Waals surface area contributed by atoms with Gasteiger partial charge in [-0.2, -0.15) is 0 Å². The number of hydrogen-bond donors (Lipinski definition) is 6. The average molecular weight is 498 g/mol. The maximum atomic E-state index is 12.8. The molecule has 3 rings (SSSR count). The number of benzene rings is 2. The molecule has 4 amide bonds. The first-order valence-electron chi connectivity index (χ1n) is 11.9. The van der Waals surface area contributed by atoms with Gasteiger partial charge in [0.05, 0.1) is 18.2 Å². The van der Waals surface area contributed by atoms with Crippen LogP contribution in [0.3, 0.4) is 0 Å². The number of anilines is 1. The van der Waals surface area contributed by atoms with Crippen LogP contribution in [0.4, 0.5) is 10.5 Å². The van der Waals surface area contributed by atoms with Crippen molar-refractivity contribution in [1.29, 1.82) is 0 Å². The van der Waals surface area contributed by atoms with E-state index < -0.39 is 24.1 Å². The third kappa shape index (κ3) is 7.19. The van der Waals surface area contributed by atoms with Crippen LogP contribution in [0.5, 0.6) is 5.75 Å². The first-order valence-corrected chi connectivity index (χ1v) is 11.9. The van der Waals surface area contributed by atoms with Crippen molar-refractivity contribution in [2.75, 3.05) is 18.4 Å². The van der Waals surface area contributed by atoms with Crippen LogP contribution in [0.25, 0.3) is 0 Å². The Balaban J connectivity index is 1.59. The van der Waals surface area contributed by atoms with Crippen LogP contribution in [-0.2, 0) is 22.4 Å². The van der Waals surface area contributed by atoms with Gasteiger partial charge in [-0.25, -0.2) is 4.79 Å². The van der Waals surface area contributed by atoms with E-state index in [0.29, 0.717) is 24.9 Å². The zero-order valence-corrected chi connectivity index (χ0v) is 20.7. The number of aromatic hydroxyl groups is 1. The van der Waals surface area contributed by atoms with Crippen LogP contribution in [0.15, 0.2) is 42.5 Å². The van der Waals surface area contributed by atoms with Crippen LogP contribution in [0, 0.1) is 0 Å². The highest BCUT2D eigenvalue weighted by Crippen LogP contribution is 2.27. The zero-order valence-electron chi connectivity index (χ0n) is 20.7. The fourth-order valence-corrected chi connectivity index (χ4v) is 4.54. The Morgan fingerprint density at radius 3 is 2.56 bits per heavy atom. The van der Waals surface area contributed by atoms with Crippen molar-refractivity contribution in [2.45, 2.75) is 57.2 Å². The number of β-amino-alcohol motifs (C(OH)–C–C–N with tert-alkyl or cyclic N) is 1. The largest absolute Gasteiger partial charge is 0.506 e. The topological polar surface area (TPSA) is 171 Å². The maximum Gasteiger partial charge on any atom is 0.316 e. The zero-order chi connectivity index (χ0) is 26.5. The van der Waals surface area contributed by atoms with Gasteiger partial charge in [0.2, 0.25) is 11.8 Å². The van der Waals surface area contributed by atoms with Crippen LogP contribution in [0.2, 0.25) is 0 Å².